The molecule has 0 aliphatic rings. The van der Waals surface area contributed by atoms with Crippen molar-refractivity contribution in [2.24, 2.45) is 0 Å². The molecule has 0 aliphatic heterocycles. The van der Waals surface area contributed by atoms with E-state index in [2.05, 4.69) is 41.3 Å². The predicted molar refractivity (Wildman–Crippen MR) is 258 cm³/mol. The Labute approximate surface area is 391 Å². The van der Waals surface area contributed by atoms with Gasteiger partial charge in [0.1, 0.15) is 21.3 Å². The van der Waals surface area contributed by atoms with Crippen LogP contribution < -0.4 is 9.44 Å². The molecule has 19 heteroatoms. The third-order valence-electron chi connectivity index (χ3n) is 10.7. The van der Waals surface area contributed by atoms with Crippen molar-refractivity contribution in [1.82, 2.24) is 7.94 Å². The van der Waals surface area contributed by atoms with Crippen molar-refractivity contribution in [1.29, 1.82) is 0 Å². The Balaban J connectivity index is 0.943. The molecule has 0 amide bonds. The molecule has 0 bridgehead atoms. The van der Waals surface area contributed by atoms with Crippen molar-refractivity contribution >= 4 is 105 Å². The molecule has 13 nitrogen and oxygen atoms in total. The number of sulfonamides is 2. The van der Waals surface area contributed by atoms with Crippen LogP contribution in [0.2, 0.25) is 0 Å². The van der Waals surface area contributed by atoms with Crippen molar-refractivity contribution < 1.29 is 38.1 Å². The Bertz CT molecular complexity index is 3580. The monoisotopic (exact) mass is 1070 g/mol. The number of fused-ring (bicyclic) bond motifs is 2. The number of benzene rings is 6. The van der Waals surface area contributed by atoms with Crippen LogP contribution in [0, 0.1) is 13.8 Å². The number of nitrogens with one attached hydrogen (secondary N) is 2. The Morgan fingerprint density at radius 1 is 0.462 bits per heavy atom. The third-order valence-corrected chi connectivity index (χ3v) is 17.9. The second-order valence-corrected chi connectivity index (χ2v) is 23.7. The van der Waals surface area contributed by atoms with Gasteiger partial charge < -0.3 is 4.42 Å². The summed E-state index contributed by atoms with van der Waals surface area (Å²) in [5.41, 5.74) is 3.62. The zero-order chi connectivity index (χ0) is 46.1. The first-order valence-electron chi connectivity index (χ1n) is 19.4. The van der Waals surface area contributed by atoms with Gasteiger partial charge in [0.25, 0.3) is 40.1 Å². The van der Waals surface area contributed by atoms with Crippen molar-refractivity contribution in [3.63, 3.8) is 0 Å². The Morgan fingerprint density at radius 3 is 1.20 bits per heavy atom. The Kier molecular flexibility index (Phi) is 11.2. The van der Waals surface area contributed by atoms with Gasteiger partial charge in [-0.1, -0.05) is 68.3 Å². The van der Waals surface area contributed by atoms with E-state index in [-0.39, 0.29) is 52.8 Å². The van der Waals surface area contributed by atoms with Gasteiger partial charge in [0.15, 0.2) is 0 Å². The summed E-state index contributed by atoms with van der Waals surface area (Å²) in [6.45, 7) is 3.59. The number of hydrogen-bond acceptors (Lipinski definition) is 9. The Hall–Kier alpha value is -5.96. The van der Waals surface area contributed by atoms with Crippen LogP contribution in [0.5, 0.6) is 0 Å². The van der Waals surface area contributed by atoms with Crippen molar-refractivity contribution in [2.45, 2.75) is 33.4 Å². The molecule has 0 spiro atoms. The van der Waals surface area contributed by atoms with E-state index >= 15 is 0 Å². The van der Waals surface area contributed by atoms with Gasteiger partial charge in [-0.3, -0.25) is 9.44 Å². The zero-order valence-electron chi connectivity index (χ0n) is 34.0. The number of furan rings is 1. The second-order valence-electron chi connectivity index (χ2n) is 15.0. The molecule has 0 unspecified atom stereocenters. The minimum Gasteiger partial charge on any atom is -0.456 e. The first-order valence-corrected chi connectivity index (χ1v) is 26.9. The summed E-state index contributed by atoms with van der Waals surface area (Å²) in [5.74, 6) is 0.985. The number of nitrogens with zero attached hydrogens (tertiary/aromatic N) is 2. The van der Waals surface area contributed by atoms with Gasteiger partial charge in [0, 0.05) is 54.6 Å². The van der Waals surface area contributed by atoms with Gasteiger partial charge in [-0.15, -0.1) is 0 Å². The number of halogens is 2. The van der Waals surface area contributed by atoms with Crippen molar-refractivity contribution in [3.8, 4) is 22.6 Å². The van der Waals surface area contributed by atoms with Crippen LogP contribution in [0.3, 0.4) is 0 Å². The molecule has 3 heterocycles. The molecule has 2 N–H and O–H groups in total. The summed E-state index contributed by atoms with van der Waals surface area (Å²) < 4.78 is 125. The summed E-state index contributed by atoms with van der Waals surface area (Å²) in [6.07, 6.45) is 2.22. The summed E-state index contributed by atoms with van der Waals surface area (Å²) in [7, 11) is -16.9. The molecule has 0 saturated carbocycles. The minimum atomic E-state index is -4.29. The van der Waals surface area contributed by atoms with Gasteiger partial charge in [-0.25, -0.2) is 41.6 Å². The van der Waals surface area contributed by atoms with E-state index in [1.54, 1.807) is 135 Å². The molecule has 6 aromatic carbocycles. The van der Waals surface area contributed by atoms with Gasteiger partial charge >= 0.3 is 0 Å². The van der Waals surface area contributed by atoms with Crippen LogP contribution in [-0.4, -0.2) is 41.6 Å². The van der Waals surface area contributed by atoms with E-state index in [1.165, 1.54) is 24.3 Å². The van der Waals surface area contributed by atoms with E-state index in [9.17, 15) is 33.7 Å². The molecule has 0 aliphatic carbocycles. The molecule has 0 fully saturated rings. The largest absolute Gasteiger partial charge is 0.456 e. The fourth-order valence-electron chi connectivity index (χ4n) is 7.56. The molecule has 9 aromatic rings. The van der Waals surface area contributed by atoms with E-state index in [4.69, 9.17) is 4.42 Å². The van der Waals surface area contributed by atoms with E-state index in [0.29, 0.717) is 42.7 Å². The molecule has 3 aromatic heterocycles. The van der Waals surface area contributed by atoms with Crippen LogP contribution in [0.4, 0.5) is 11.4 Å². The molecule has 0 atom stereocenters. The number of para-hydroxylation sites is 2. The number of rotatable bonds is 12. The lowest BCUT2D eigenvalue weighted by atomic mass is 10.1. The van der Waals surface area contributed by atoms with Crippen LogP contribution in [0.15, 0.2) is 191 Å². The van der Waals surface area contributed by atoms with Gasteiger partial charge in [0.05, 0.1) is 20.8 Å². The maximum atomic E-state index is 13.9. The molecule has 0 saturated heterocycles. The van der Waals surface area contributed by atoms with Crippen LogP contribution in [0.1, 0.15) is 11.1 Å². The van der Waals surface area contributed by atoms with Crippen LogP contribution in [0.25, 0.3) is 44.5 Å². The maximum absolute atomic E-state index is 13.9. The SMILES string of the molecule is Cc1cc(NS(=O)(=O)c2cn(S(=O)(=O)c3ccc(Br)cc3)c3ccccc23)ccc1-c1ccc(-c2ccc(NS(=O)(=O)c3cn(S(=O)(=O)c4ccc(Br)cc4)c4ccccc34)cc2C)o1. The highest BCUT2D eigenvalue weighted by Gasteiger charge is 2.29. The molecular weight excluding hydrogens is 1040 g/mol. The molecule has 9 rings (SSSR count). The summed E-state index contributed by atoms with van der Waals surface area (Å²) in [6, 6.07) is 38.3. The quantitative estimate of drug-likeness (QED) is 0.120. The first-order chi connectivity index (χ1) is 30.8. The van der Waals surface area contributed by atoms with E-state index in [1.807, 2.05) is 0 Å². The number of hydrogen-bond donors (Lipinski definition) is 2. The minimum absolute atomic E-state index is 0.00629. The van der Waals surface area contributed by atoms with Gasteiger partial charge in [-0.05, 0) is 134 Å². The fourth-order valence-corrected chi connectivity index (χ4v) is 13.5. The number of aromatic nitrogens is 2. The Morgan fingerprint density at radius 2 is 0.831 bits per heavy atom. The van der Waals surface area contributed by atoms with Crippen molar-refractivity contribution in [3.05, 3.63) is 178 Å². The average molecular weight is 1070 g/mol. The standard InChI is InChI=1S/C46H34Br2N4O9S4/c1-29-25-33(49-62(53,54)45-27-51(41-9-5-3-7-39(41)45)64(57,58)35-17-11-31(47)12-18-35)15-21-37(29)43-23-24-44(61-43)38-22-16-34(26-30(38)2)50-63(55,56)46-28-52(42-10-6-4-8-40(42)46)65(59,60)36-19-13-32(48)14-20-36/h3-28,49-50H,1-2H3. The van der Waals surface area contributed by atoms with Crippen LogP contribution in [-0.2, 0) is 40.1 Å². The number of anilines is 2. The molecular formula is C46H34Br2N4O9S4. The van der Waals surface area contributed by atoms with E-state index in [0.717, 1.165) is 20.3 Å². The summed E-state index contributed by atoms with van der Waals surface area (Å²) in [5, 5.41) is 0.458. The first kappa shape index (κ1) is 44.3. The van der Waals surface area contributed by atoms with Gasteiger partial charge in [-0.2, -0.15) is 0 Å². The average Bonchev–Trinajstić information content (AvgIpc) is 4.01. The summed E-state index contributed by atoms with van der Waals surface area (Å²) in [4.78, 5) is -0.437. The van der Waals surface area contributed by atoms with E-state index < -0.39 is 40.1 Å². The summed E-state index contributed by atoms with van der Waals surface area (Å²) >= 11 is 6.62. The molecule has 0 radical (unpaired) electrons. The second kappa shape index (κ2) is 16.5. The molecule has 65 heavy (non-hydrogen) atoms. The third kappa shape index (κ3) is 8.21. The lowest BCUT2D eigenvalue weighted by Crippen LogP contribution is -2.14. The topological polar surface area (TPSA) is 184 Å². The number of aryl methyl sites for hydroxylation is 2. The normalized spacial score (nSPS) is 12.5. The highest BCUT2D eigenvalue weighted by molar-refractivity contribution is 9.10. The highest BCUT2D eigenvalue weighted by atomic mass is 79.9. The van der Waals surface area contributed by atoms with Crippen molar-refractivity contribution in [2.75, 3.05) is 9.44 Å². The zero-order valence-corrected chi connectivity index (χ0v) is 40.4. The highest BCUT2D eigenvalue weighted by Crippen LogP contribution is 2.37. The lowest BCUT2D eigenvalue weighted by molar-refractivity contribution is 0.586. The van der Waals surface area contributed by atoms with Gasteiger partial charge in [0.2, 0.25) is 0 Å². The fraction of sp³-hybridized carbons (Fsp3) is 0.0435. The van der Waals surface area contributed by atoms with Crippen LogP contribution >= 0.6 is 31.9 Å². The predicted octanol–water partition coefficient (Wildman–Crippen LogP) is 10.7. The smallest absolute Gasteiger partial charge is 0.268 e. The maximum Gasteiger partial charge on any atom is 0.268 e. The molecule has 330 valence electrons. The lowest BCUT2D eigenvalue weighted by Gasteiger charge is -2.11.